The van der Waals surface area contributed by atoms with Crippen molar-refractivity contribution in [2.45, 2.75) is 38.0 Å². The molecule has 1 heterocycles. The predicted molar refractivity (Wildman–Crippen MR) is 68.0 cm³/mol. The molecule has 1 aromatic heterocycles. The highest BCUT2D eigenvalue weighted by Gasteiger charge is 2.34. The van der Waals surface area contributed by atoms with Crippen LogP contribution >= 0.6 is 12.2 Å². The maximum absolute atomic E-state index is 12.6. The van der Waals surface area contributed by atoms with Crippen molar-refractivity contribution in [1.82, 2.24) is 4.98 Å². The summed E-state index contributed by atoms with van der Waals surface area (Å²) in [6, 6.07) is 2.07. The Morgan fingerprint density at radius 1 is 1.32 bits per heavy atom. The summed E-state index contributed by atoms with van der Waals surface area (Å²) in [6.07, 6.45) is -0.978. The van der Waals surface area contributed by atoms with Gasteiger partial charge in [-0.3, -0.25) is 0 Å². The largest absolute Gasteiger partial charge is 0.474 e. The summed E-state index contributed by atoms with van der Waals surface area (Å²) in [6.45, 7) is 0. The molecule has 0 aromatic carbocycles. The van der Waals surface area contributed by atoms with E-state index in [-0.39, 0.29) is 22.5 Å². The Labute approximate surface area is 114 Å². The summed E-state index contributed by atoms with van der Waals surface area (Å²) in [5.41, 5.74) is 4.72. The fourth-order valence-corrected chi connectivity index (χ4v) is 2.20. The van der Waals surface area contributed by atoms with Gasteiger partial charge in [-0.1, -0.05) is 12.2 Å². The van der Waals surface area contributed by atoms with Gasteiger partial charge in [0.1, 0.15) is 16.8 Å². The first-order chi connectivity index (χ1) is 8.88. The van der Waals surface area contributed by atoms with Crippen LogP contribution in [0.25, 0.3) is 0 Å². The minimum atomic E-state index is -4.51. The molecule has 7 heteroatoms. The molecule has 0 bridgehead atoms. The van der Waals surface area contributed by atoms with Crippen molar-refractivity contribution in [2.24, 2.45) is 5.73 Å². The first-order valence-corrected chi connectivity index (χ1v) is 6.33. The minimum Gasteiger partial charge on any atom is -0.474 e. The Kier molecular flexibility index (Phi) is 3.93. The van der Waals surface area contributed by atoms with E-state index in [0.29, 0.717) is 0 Å². The standard InChI is InChI=1S/C12H13F3N2OS/c13-12(14,15)9-6-5-8(10(16)19)11(17-9)18-7-3-1-2-4-7/h5-7H,1-4H2,(H2,16,19). The Bertz CT molecular complexity index is 484. The molecule has 2 rings (SSSR count). The van der Waals surface area contributed by atoms with Crippen LogP contribution in [-0.2, 0) is 6.18 Å². The van der Waals surface area contributed by atoms with Crippen molar-refractivity contribution < 1.29 is 17.9 Å². The second-order valence-corrected chi connectivity index (χ2v) is 4.88. The van der Waals surface area contributed by atoms with E-state index in [4.69, 9.17) is 22.7 Å². The normalized spacial score (nSPS) is 16.6. The summed E-state index contributed by atoms with van der Waals surface area (Å²) in [5.74, 6) is -0.116. The van der Waals surface area contributed by atoms with Gasteiger partial charge in [0.15, 0.2) is 0 Å². The van der Waals surface area contributed by atoms with Crippen molar-refractivity contribution in [2.75, 3.05) is 0 Å². The van der Waals surface area contributed by atoms with Gasteiger partial charge in [0.05, 0.1) is 5.56 Å². The lowest BCUT2D eigenvalue weighted by molar-refractivity contribution is -0.141. The summed E-state index contributed by atoms with van der Waals surface area (Å²) in [5, 5.41) is 0. The third-order valence-electron chi connectivity index (χ3n) is 3.00. The van der Waals surface area contributed by atoms with Crippen LogP contribution in [0.4, 0.5) is 13.2 Å². The van der Waals surface area contributed by atoms with Gasteiger partial charge in [-0.05, 0) is 37.8 Å². The summed E-state index contributed by atoms with van der Waals surface area (Å²) < 4.78 is 43.4. The van der Waals surface area contributed by atoms with Gasteiger partial charge in [0.2, 0.25) is 5.88 Å². The third kappa shape index (κ3) is 3.34. The molecule has 2 N–H and O–H groups in total. The summed E-state index contributed by atoms with van der Waals surface area (Å²) >= 11 is 4.80. The zero-order chi connectivity index (χ0) is 14.0. The van der Waals surface area contributed by atoms with Crippen molar-refractivity contribution >= 4 is 17.2 Å². The van der Waals surface area contributed by atoms with Gasteiger partial charge in [-0.15, -0.1) is 0 Å². The molecular formula is C12H13F3N2OS. The zero-order valence-corrected chi connectivity index (χ0v) is 10.9. The molecule has 1 aliphatic rings. The molecule has 104 valence electrons. The number of rotatable bonds is 3. The fourth-order valence-electron chi connectivity index (χ4n) is 2.04. The topological polar surface area (TPSA) is 48.1 Å². The first kappa shape index (κ1) is 14.0. The molecule has 0 atom stereocenters. The second kappa shape index (κ2) is 5.32. The Morgan fingerprint density at radius 2 is 1.95 bits per heavy atom. The van der Waals surface area contributed by atoms with Crippen molar-refractivity contribution in [3.05, 3.63) is 23.4 Å². The van der Waals surface area contributed by atoms with Gasteiger partial charge in [-0.25, -0.2) is 4.98 Å². The van der Waals surface area contributed by atoms with Crippen LogP contribution in [0, 0.1) is 0 Å². The van der Waals surface area contributed by atoms with Gasteiger partial charge in [0.25, 0.3) is 0 Å². The van der Waals surface area contributed by atoms with Crippen LogP contribution in [0.1, 0.15) is 36.9 Å². The Hall–Kier alpha value is -1.37. The van der Waals surface area contributed by atoms with Gasteiger partial charge < -0.3 is 10.5 Å². The molecule has 1 aliphatic carbocycles. The summed E-state index contributed by atoms with van der Waals surface area (Å²) in [7, 11) is 0. The Balaban J connectivity index is 2.32. The quantitative estimate of drug-likeness (QED) is 0.869. The SMILES string of the molecule is NC(=S)c1ccc(C(F)(F)F)nc1OC1CCCC1. The number of alkyl halides is 3. The number of hydrogen-bond acceptors (Lipinski definition) is 3. The second-order valence-electron chi connectivity index (χ2n) is 4.44. The number of hydrogen-bond donors (Lipinski definition) is 1. The lowest BCUT2D eigenvalue weighted by Crippen LogP contribution is -2.19. The number of nitrogens with zero attached hydrogens (tertiary/aromatic N) is 1. The molecule has 1 fully saturated rings. The molecule has 0 spiro atoms. The number of pyridine rings is 1. The third-order valence-corrected chi connectivity index (χ3v) is 3.22. The van der Waals surface area contributed by atoms with E-state index in [1.807, 2.05) is 0 Å². The van der Waals surface area contributed by atoms with E-state index in [2.05, 4.69) is 4.98 Å². The van der Waals surface area contributed by atoms with E-state index in [1.165, 1.54) is 6.07 Å². The van der Waals surface area contributed by atoms with Gasteiger partial charge in [0, 0.05) is 0 Å². The molecule has 0 amide bonds. The smallest absolute Gasteiger partial charge is 0.433 e. The zero-order valence-electron chi connectivity index (χ0n) is 10.0. The minimum absolute atomic E-state index is 0.0192. The van der Waals surface area contributed by atoms with Crippen LogP contribution in [-0.4, -0.2) is 16.1 Å². The van der Waals surface area contributed by atoms with E-state index >= 15 is 0 Å². The van der Waals surface area contributed by atoms with Crippen LogP contribution in [0.5, 0.6) is 5.88 Å². The Morgan fingerprint density at radius 3 is 2.47 bits per heavy atom. The van der Waals surface area contributed by atoms with Crippen LogP contribution in [0.3, 0.4) is 0 Å². The van der Waals surface area contributed by atoms with Gasteiger partial charge >= 0.3 is 6.18 Å². The van der Waals surface area contributed by atoms with Crippen molar-refractivity contribution in [3.8, 4) is 5.88 Å². The molecule has 0 radical (unpaired) electrons. The molecule has 1 aromatic rings. The predicted octanol–water partition coefficient (Wildman–Crippen LogP) is 3.06. The highest BCUT2D eigenvalue weighted by Crippen LogP contribution is 2.31. The number of halogens is 3. The average molecular weight is 290 g/mol. The van der Waals surface area contributed by atoms with Crippen LogP contribution in [0.15, 0.2) is 12.1 Å². The molecule has 0 unspecified atom stereocenters. The number of thiocarbonyl (C=S) groups is 1. The summed E-state index contributed by atoms with van der Waals surface area (Å²) in [4.78, 5) is 3.49. The van der Waals surface area contributed by atoms with Crippen molar-refractivity contribution in [3.63, 3.8) is 0 Å². The van der Waals surface area contributed by atoms with Gasteiger partial charge in [-0.2, -0.15) is 13.2 Å². The number of aromatic nitrogens is 1. The van der Waals surface area contributed by atoms with Crippen LogP contribution in [0.2, 0.25) is 0 Å². The number of ether oxygens (including phenoxy) is 1. The maximum atomic E-state index is 12.6. The fraction of sp³-hybridized carbons (Fsp3) is 0.500. The molecular weight excluding hydrogens is 277 g/mol. The van der Waals surface area contributed by atoms with Crippen molar-refractivity contribution in [1.29, 1.82) is 0 Å². The van der Waals surface area contributed by atoms with E-state index in [0.717, 1.165) is 31.7 Å². The maximum Gasteiger partial charge on any atom is 0.433 e. The lowest BCUT2D eigenvalue weighted by atomic mass is 10.2. The molecule has 3 nitrogen and oxygen atoms in total. The first-order valence-electron chi connectivity index (χ1n) is 5.92. The van der Waals surface area contributed by atoms with E-state index in [9.17, 15) is 13.2 Å². The lowest BCUT2D eigenvalue weighted by Gasteiger charge is -2.16. The number of nitrogens with two attached hydrogens (primary N) is 1. The van der Waals surface area contributed by atoms with Crippen LogP contribution < -0.4 is 10.5 Å². The highest BCUT2D eigenvalue weighted by atomic mass is 32.1. The van der Waals surface area contributed by atoms with E-state index in [1.54, 1.807) is 0 Å². The monoisotopic (exact) mass is 290 g/mol. The molecule has 1 saturated carbocycles. The van der Waals surface area contributed by atoms with E-state index < -0.39 is 11.9 Å². The highest BCUT2D eigenvalue weighted by molar-refractivity contribution is 7.80. The molecule has 0 saturated heterocycles. The molecule has 0 aliphatic heterocycles. The molecule has 19 heavy (non-hydrogen) atoms. The average Bonchev–Trinajstić information content (AvgIpc) is 2.80.